The minimum atomic E-state index is -5.31. The third-order valence-corrected chi connectivity index (χ3v) is 2.44. The number of rotatable bonds is 5. The predicted octanol–water partition coefficient (Wildman–Crippen LogP) is -0.188. The Morgan fingerprint density at radius 1 is 1.18 bits per heavy atom. The van der Waals surface area contributed by atoms with Crippen LogP contribution in [0.25, 0.3) is 0 Å². The number of esters is 1. The number of halogens is 3. The molecule has 0 unspecified atom stereocenters. The molecule has 10 heteroatoms. The summed E-state index contributed by atoms with van der Waals surface area (Å²) in [5.74, 6) is -1.46. The molecular weight excluding hydrogens is 329 g/mol. The van der Waals surface area contributed by atoms with Crippen LogP contribution < -0.4 is 51.4 Å². The predicted molar refractivity (Wildman–Crippen MR) is 72.7 cm³/mol. The van der Waals surface area contributed by atoms with Crippen molar-refractivity contribution in [2.75, 3.05) is 13.6 Å². The average Bonchev–Trinajstić information content (AvgIpc) is 2.23. The van der Waals surface area contributed by atoms with Gasteiger partial charge in [-0.25, -0.2) is 9.59 Å². The second kappa shape index (κ2) is 9.51. The van der Waals surface area contributed by atoms with Gasteiger partial charge in [0, 0.05) is 0 Å². The van der Waals surface area contributed by atoms with Crippen LogP contribution in [0.15, 0.2) is 0 Å². The molecule has 0 saturated heterocycles. The molecule has 0 aliphatic heterocycles. The van der Waals surface area contributed by atoms with Crippen molar-refractivity contribution < 1.29 is 83.4 Å². The van der Waals surface area contributed by atoms with Crippen LogP contribution in [0.1, 0.15) is 34.6 Å². The number of nitrogens with zero attached hydrogens (tertiary/aromatic N) is 1. The Hall–Kier alpha value is 0.231. The van der Waals surface area contributed by atoms with Crippen molar-refractivity contribution in [1.29, 1.82) is 0 Å². The van der Waals surface area contributed by atoms with Gasteiger partial charge in [-0.15, -0.1) is 0 Å². The van der Waals surface area contributed by atoms with Gasteiger partial charge in [-0.3, -0.25) is 0 Å². The summed E-state index contributed by atoms with van der Waals surface area (Å²) in [6.45, 7) is 2.35. The van der Waals surface area contributed by atoms with Gasteiger partial charge >= 0.3 is 70.4 Å². The van der Waals surface area contributed by atoms with E-state index >= 15 is 0 Å². The smallest absolute Gasteiger partial charge is 0.467 e. The molecule has 0 aliphatic rings. The zero-order valence-corrected chi connectivity index (χ0v) is 17.3. The number of methoxy groups -OCH3 is 1. The minimum Gasteiger partial charge on any atom is -0.467 e. The number of carbonyl (C=O) groups is 2. The number of hydrogen-bond donors (Lipinski definition) is 0. The van der Waals surface area contributed by atoms with Gasteiger partial charge in [-0.05, 0) is 33.1 Å². The van der Waals surface area contributed by atoms with Crippen molar-refractivity contribution in [1.82, 2.24) is 4.90 Å². The second-order valence-corrected chi connectivity index (χ2v) is 6.06. The zero-order chi connectivity index (χ0) is 17.0. The summed E-state index contributed by atoms with van der Waals surface area (Å²) in [4.78, 5) is 24.1. The molecule has 22 heavy (non-hydrogen) atoms. The molecule has 0 N–H and O–H groups in total. The minimum absolute atomic E-state index is 0. The number of hydrogen-bond acceptors (Lipinski definition) is 4. The molecule has 0 saturated carbocycles. The fourth-order valence-electron chi connectivity index (χ4n) is 1.73. The van der Waals surface area contributed by atoms with E-state index in [9.17, 15) is 22.5 Å². The normalized spacial score (nSPS) is 13.2. The van der Waals surface area contributed by atoms with E-state index < -0.39 is 43.0 Å². The van der Waals surface area contributed by atoms with Crippen LogP contribution in [0.2, 0.25) is 0 Å². The molecule has 0 aromatic rings. The fraction of sp³-hybridized carbons (Fsp3) is 0.833. The van der Waals surface area contributed by atoms with Crippen molar-refractivity contribution in [3.63, 3.8) is 0 Å². The first kappa shape index (κ1) is 24.5. The van der Waals surface area contributed by atoms with Crippen LogP contribution in [-0.2, 0) is 14.3 Å². The van der Waals surface area contributed by atoms with Crippen LogP contribution in [0.5, 0.6) is 0 Å². The Morgan fingerprint density at radius 2 is 1.64 bits per heavy atom. The Morgan fingerprint density at radius 3 is 1.91 bits per heavy atom. The summed E-state index contributed by atoms with van der Waals surface area (Å²) in [6.07, 6.45) is -2.71. The molecule has 0 fully saturated rings. The van der Waals surface area contributed by atoms with E-state index in [1.54, 1.807) is 0 Å². The molecule has 0 radical (unpaired) electrons. The fourth-order valence-corrected chi connectivity index (χ4v) is 1.73. The first-order valence-corrected chi connectivity index (χ1v) is 6.57. The first-order valence-electron chi connectivity index (χ1n) is 6.57. The van der Waals surface area contributed by atoms with Crippen LogP contribution >= 0.6 is 0 Å². The van der Waals surface area contributed by atoms with E-state index in [1.165, 1.54) is 34.6 Å². The van der Waals surface area contributed by atoms with Gasteiger partial charge in [0.05, 0.1) is 7.11 Å². The molecule has 0 bridgehead atoms. The van der Waals surface area contributed by atoms with Crippen molar-refractivity contribution in [2.45, 2.75) is 46.3 Å². The zero-order valence-electron chi connectivity index (χ0n) is 14.2. The van der Waals surface area contributed by atoms with Gasteiger partial charge in [0.15, 0.2) is 0 Å². The Bertz CT molecular complexity index is 386. The van der Waals surface area contributed by atoms with E-state index in [0.29, 0.717) is 4.90 Å². The van der Waals surface area contributed by atoms with Gasteiger partial charge in [0.2, 0.25) is 0 Å². The maximum Gasteiger partial charge on any atom is 1.00 e. The Labute approximate surface area is 171 Å². The molecule has 1 atom stereocenters. The topological polar surface area (TPSA) is 55.8 Å². The van der Waals surface area contributed by atoms with E-state index in [-0.39, 0.29) is 51.4 Å². The van der Waals surface area contributed by atoms with E-state index in [0.717, 1.165) is 7.11 Å². The largest absolute Gasteiger partial charge is 1.00 e. The molecule has 0 aromatic carbocycles. The number of carbonyl (C=O) groups excluding carboxylic acids is 2. The molecule has 5 nitrogen and oxygen atoms in total. The van der Waals surface area contributed by atoms with E-state index in [1.807, 2.05) is 0 Å². The molecule has 1 amide bonds. The maximum atomic E-state index is 12.8. The van der Waals surface area contributed by atoms with Gasteiger partial charge in [0.25, 0.3) is 0 Å². The summed E-state index contributed by atoms with van der Waals surface area (Å²) in [5.41, 5.74) is -0.967. The third-order valence-electron chi connectivity index (χ3n) is 2.44. The standard InChI is InChI=1S/C12H22BF3NO4.K/c1-8(2)9(10(18)20-6)17(7-13(14,15)16)11(19)21-12(3,4)5;/h8-9H,7H2,1-6H3;/q-1;+1/t9-;/m1./s1. The summed E-state index contributed by atoms with van der Waals surface area (Å²) in [7, 11) is 1.06. The monoisotopic (exact) mass is 351 g/mol. The maximum absolute atomic E-state index is 12.8. The van der Waals surface area contributed by atoms with Gasteiger partial charge in [-0.1, -0.05) is 13.8 Å². The first-order chi connectivity index (χ1) is 9.28. The summed E-state index contributed by atoms with van der Waals surface area (Å²) in [6, 6.07) is -1.35. The molecule has 124 valence electrons. The molecule has 0 rings (SSSR count). The van der Waals surface area contributed by atoms with E-state index in [4.69, 9.17) is 4.74 Å². The van der Waals surface area contributed by atoms with Crippen molar-refractivity contribution in [2.24, 2.45) is 5.92 Å². The molecule has 0 spiro atoms. The molecule has 0 aliphatic carbocycles. The number of ether oxygens (including phenoxy) is 2. The Balaban J connectivity index is 0. The van der Waals surface area contributed by atoms with Gasteiger partial charge in [0.1, 0.15) is 11.6 Å². The number of amides is 1. The van der Waals surface area contributed by atoms with Crippen LogP contribution in [-0.4, -0.2) is 49.1 Å². The van der Waals surface area contributed by atoms with E-state index in [2.05, 4.69) is 4.74 Å². The van der Waals surface area contributed by atoms with Crippen molar-refractivity contribution in [3.05, 3.63) is 0 Å². The van der Waals surface area contributed by atoms with Crippen LogP contribution in [0.3, 0.4) is 0 Å². The van der Waals surface area contributed by atoms with Gasteiger partial charge in [-0.2, -0.15) is 0 Å². The summed E-state index contributed by atoms with van der Waals surface area (Å²) < 4.78 is 47.7. The van der Waals surface area contributed by atoms with Crippen LogP contribution in [0, 0.1) is 5.92 Å². The molecular formula is C12H22BF3KNO4. The van der Waals surface area contributed by atoms with Gasteiger partial charge < -0.3 is 27.3 Å². The quantitative estimate of drug-likeness (QED) is 0.509. The summed E-state index contributed by atoms with van der Waals surface area (Å²) in [5, 5.41) is 0. The second-order valence-electron chi connectivity index (χ2n) is 6.06. The summed E-state index contributed by atoms with van der Waals surface area (Å²) >= 11 is 0. The molecule has 0 aromatic heterocycles. The molecule has 0 heterocycles. The average molecular weight is 351 g/mol. The Kier molecular flexibility index (Phi) is 10.6. The van der Waals surface area contributed by atoms with Crippen molar-refractivity contribution >= 4 is 19.0 Å². The van der Waals surface area contributed by atoms with Crippen LogP contribution in [0.4, 0.5) is 17.7 Å². The SMILES string of the molecule is COC(=O)[C@@H](C(C)C)N(C[B-](F)(F)F)C(=O)OC(C)(C)C.[K+]. The van der Waals surface area contributed by atoms with Crippen molar-refractivity contribution in [3.8, 4) is 0 Å². The third kappa shape index (κ3) is 9.39.